The van der Waals surface area contributed by atoms with Crippen LogP contribution >= 0.6 is 11.3 Å². The molecular formula is C16H13N3O2S. The summed E-state index contributed by atoms with van der Waals surface area (Å²) in [6.07, 6.45) is 1.61. The van der Waals surface area contributed by atoms with Crippen molar-refractivity contribution in [1.29, 1.82) is 0 Å². The van der Waals surface area contributed by atoms with Crippen LogP contribution in [0, 0.1) is 0 Å². The molecular weight excluding hydrogens is 298 g/mol. The number of rotatable bonds is 3. The molecule has 3 rings (SSSR count). The number of benzene rings is 1. The van der Waals surface area contributed by atoms with Crippen LogP contribution in [0.25, 0.3) is 21.8 Å². The number of phenolic OH excluding ortho intramolecular Hbond substituents is 1. The molecule has 1 aromatic carbocycles. The Labute approximate surface area is 131 Å². The number of aromatic nitrogens is 2. The predicted molar refractivity (Wildman–Crippen MR) is 86.7 cm³/mol. The minimum Gasteiger partial charge on any atom is -0.508 e. The molecule has 2 N–H and O–H groups in total. The molecule has 5 nitrogen and oxygen atoms in total. The Bertz CT molecular complexity index is 799. The summed E-state index contributed by atoms with van der Waals surface area (Å²) < 4.78 is 0. The molecule has 0 saturated carbocycles. The fraction of sp³-hybridized carbons (Fsp3) is 0.0625. The van der Waals surface area contributed by atoms with Crippen molar-refractivity contribution in [2.24, 2.45) is 0 Å². The largest absolute Gasteiger partial charge is 0.508 e. The quantitative estimate of drug-likeness (QED) is 0.776. The lowest BCUT2D eigenvalue weighted by atomic mass is 10.1. The first-order valence-corrected chi connectivity index (χ1v) is 7.49. The molecule has 2 heterocycles. The van der Waals surface area contributed by atoms with Crippen molar-refractivity contribution in [2.75, 3.05) is 5.32 Å². The number of hydrogen-bond donors (Lipinski definition) is 2. The minimum absolute atomic E-state index is 0.190. The van der Waals surface area contributed by atoms with Crippen LogP contribution in [0.2, 0.25) is 0 Å². The Hall–Kier alpha value is -2.73. The molecule has 2 aromatic heterocycles. The molecule has 22 heavy (non-hydrogen) atoms. The summed E-state index contributed by atoms with van der Waals surface area (Å²) in [5.74, 6) is 0.451. The predicted octanol–water partition coefficient (Wildman–Crippen LogP) is 3.54. The molecule has 110 valence electrons. The molecule has 0 aliphatic carbocycles. The number of phenols is 1. The Balaban J connectivity index is 2.09. The van der Waals surface area contributed by atoms with Crippen LogP contribution in [0.1, 0.15) is 6.92 Å². The van der Waals surface area contributed by atoms with Gasteiger partial charge in [0.1, 0.15) is 11.4 Å². The number of nitrogens with one attached hydrogen (secondary N) is 1. The van der Waals surface area contributed by atoms with E-state index in [-0.39, 0.29) is 11.7 Å². The summed E-state index contributed by atoms with van der Waals surface area (Å²) in [6, 6.07) is 10.6. The maximum atomic E-state index is 11.3. The molecule has 0 atom stereocenters. The van der Waals surface area contributed by atoms with E-state index in [0.29, 0.717) is 17.2 Å². The van der Waals surface area contributed by atoms with E-state index in [0.717, 1.165) is 10.4 Å². The van der Waals surface area contributed by atoms with E-state index >= 15 is 0 Å². The maximum absolute atomic E-state index is 11.3. The number of carbonyl (C=O) groups is 1. The molecule has 6 heteroatoms. The van der Waals surface area contributed by atoms with Crippen molar-refractivity contribution in [3.05, 3.63) is 48.0 Å². The highest BCUT2D eigenvalue weighted by atomic mass is 32.1. The normalized spacial score (nSPS) is 10.4. The van der Waals surface area contributed by atoms with Crippen LogP contribution in [0.5, 0.6) is 5.75 Å². The average molecular weight is 311 g/mol. The monoisotopic (exact) mass is 311 g/mol. The van der Waals surface area contributed by atoms with Crippen LogP contribution in [-0.2, 0) is 4.79 Å². The molecule has 0 aliphatic heterocycles. The first-order valence-electron chi connectivity index (χ1n) is 6.61. The van der Waals surface area contributed by atoms with Gasteiger partial charge in [0.15, 0.2) is 5.82 Å². The van der Waals surface area contributed by atoms with E-state index < -0.39 is 0 Å². The van der Waals surface area contributed by atoms with Crippen molar-refractivity contribution in [3.63, 3.8) is 0 Å². The van der Waals surface area contributed by atoms with Gasteiger partial charge in [-0.15, -0.1) is 11.3 Å². The van der Waals surface area contributed by atoms with E-state index in [1.807, 2.05) is 17.5 Å². The van der Waals surface area contributed by atoms with Crippen molar-refractivity contribution in [2.45, 2.75) is 6.92 Å². The molecule has 0 fully saturated rings. The number of aromatic hydroxyl groups is 1. The van der Waals surface area contributed by atoms with E-state index in [9.17, 15) is 9.90 Å². The van der Waals surface area contributed by atoms with Gasteiger partial charge in [-0.2, -0.15) is 0 Å². The Morgan fingerprint density at radius 1 is 1.23 bits per heavy atom. The maximum Gasteiger partial charge on any atom is 0.222 e. The van der Waals surface area contributed by atoms with Crippen LogP contribution < -0.4 is 5.32 Å². The molecule has 1 amide bonds. The zero-order valence-corrected chi connectivity index (χ0v) is 12.6. The van der Waals surface area contributed by atoms with Crippen molar-refractivity contribution in [1.82, 2.24) is 9.97 Å². The standard InChI is InChI=1S/C16H13N3O2S/c1-10(20)18-16-15(14-3-2-8-22-14)19-13(9-17-16)11-4-6-12(21)7-5-11/h2-9,21H,1H3,(H,17,18,20). The van der Waals surface area contributed by atoms with Gasteiger partial charge < -0.3 is 10.4 Å². The second kappa shape index (κ2) is 5.95. The van der Waals surface area contributed by atoms with Crippen molar-refractivity contribution >= 4 is 23.1 Å². The summed E-state index contributed by atoms with van der Waals surface area (Å²) in [4.78, 5) is 21.2. The first-order chi connectivity index (χ1) is 10.6. The van der Waals surface area contributed by atoms with Gasteiger partial charge in [0.05, 0.1) is 16.8 Å². The third-order valence-electron chi connectivity index (χ3n) is 2.98. The SMILES string of the molecule is CC(=O)Nc1ncc(-c2ccc(O)cc2)nc1-c1cccs1. The number of nitrogens with zero attached hydrogens (tertiary/aromatic N) is 2. The topological polar surface area (TPSA) is 75.1 Å². The fourth-order valence-corrected chi connectivity index (χ4v) is 2.72. The molecule has 0 unspecified atom stereocenters. The average Bonchev–Trinajstić information content (AvgIpc) is 3.02. The number of amides is 1. The summed E-state index contributed by atoms with van der Waals surface area (Å²) >= 11 is 1.53. The Kier molecular flexibility index (Phi) is 3.84. The van der Waals surface area contributed by atoms with Gasteiger partial charge in [0, 0.05) is 12.5 Å². The lowest BCUT2D eigenvalue weighted by Gasteiger charge is -2.09. The van der Waals surface area contributed by atoms with Gasteiger partial charge in [-0.25, -0.2) is 9.97 Å². The van der Waals surface area contributed by atoms with E-state index in [2.05, 4.69) is 15.3 Å². The van der Waals surface area contributed by atoms with Crippen LogP contribution in [0.4, 0.5) is 5.82 Å². The number of anilines is 1. The first kappa shape index (κ1) is 14.2. The summed E-state index contributed by atoms with van der Waals surface area (Å²) in [7, 11) is 0. The Morgan fingerprint density at radius 3 is 2.64 bits per heavy atom. The highest BCUT2D eigenvalue weighted by Gasteiger charge is 2.13. The molecule has 0 saturated heterocycles. The molecule has 0 radical (unpaired) electrons. The van der Waals surface area contributed by atoms with E-state index in [1.54, 1.807) is 30.5 Å². The zero-order valence-electron chi connectivity index (χ0n) is 11.8. The summed E-state index contributed by atoms with van der Waals surface area (Å²) in [6.45, 7) is 1.44. The second-order valence-corrected chi connectivity index (χ2v) is 5.61. The minimum atomic E-state index is -0.190. The molecule has 3 aromatic rings. The van der Waals surface area contributed by atoms with Crippen LogP contribution in [-0.4, -0.2) is 21.0 Å². The lowest BCUT2D eigenvalue weighted by molar-refractivity contribution is -0.114. The van der Waals surface area contributed by atoms with Crippen LogP contribution in [0.3, 0.4) is 0 Å². The third-order valence-corrected chi connectivity index (χ3v) is 3.86. The van der Waals surface area contributed by atoms with Crippen molar-refractivity contribution in [3.8, 4) is 27.6 Å². The smallest absolute Gasteiger partial charge is 0.222 e. The summed E-state index contributed by atoms with van der Waals surface area (Å²) in [5, 5.41) is 14.0. The fourth-order valence-electron chi connectivity index (χ4n) is 2.00. The second-order valence-electron chi connectivity index (χ2n) is 4.66. The molecule has 0 spiro atoms. The van der Waals surface area contributed by atoms with Gasteiger partial charge in [0.25, 0.3) is 0 Å². The number of hydrogen-bond acceptors (Lipinski definition) is 5. The van der Waals surface area contributed by atoms with Gasteiger partial charge in [-0.05, 0) is 35.7 Å². The van der Waals surface area contributed by atoms with Gasteiger partial charge >= 0.3 is 0 Å². The van der Waals surface area contributed by atoms with Gasteiger partial charge in [0.2, 0.25) is 5.91 Å². The number of thiophene rings is 1. The third kappa shape index (κ3) is 2.96. The van der Waals surface area contributed by atoms with E-state index in [1.165, 1.54) is 18.3 Å². The van der Waals surface area contributed by atoms with Gasteiger partial charge in [-0.3, -0.25) is 4.79 Å². The van der Waals surface area contributed by atoms with Gasteiger partial charge in [-0.1, -0.05) is 6.07 Å². The number of carbonyl (C=O) groups excluding carboxylic acids is 1. The van der Waals surface area contributed by atoms with E-state index in [4.69, 9.17) is 0 Å². The molecule has 0 aliphatic rings. The van der Waals surface area contributed by atoms with Crippen molar-refractivity contribution < 1.29 is 9.90 Å². The lowest BCUT2D eigenvalue weighted by Crippen LogP contribution is -2.09. The molecule has 0 bridgehead atoms. The van der Waals surface area contributed by atoms with Crippen LogP contribution in [0.15, 0.2) is 48.0 Å². The Morgan fingerprint density at radius 2 is 2.00 bits per heavy atom. The highest BCUT2D eigenvalue weighted by Crippen LogP contribution is 2.31. The summed E-state index contributed by atoms with van der Waals surface area (Å²) in [5.41, 5.74) is 2.16. The zero-order chi connectivity index (χ0) is 15.5. The highest BCUT2D eigenvalue weighted by molar-refractivity contribution is 7.13.